The number of rotatable bonds is 6. The van der Waals surface area contributed by atoms with Crippen LogP contribution in [0.25, 0.3) is 5.69 Å². The van der Waals surface area contributed by atoms with Crippen molar-refractivity contribution < 1.29 is 9.18 Å². The molecule has 0 spiro atoms. The average molecular weight is 366 g/mol. The maximum Gasteiger partial charge on any atom is 0.239 e. The first-order chi connectivity index (χ1) is 12.9. The minimum absolute atomic E-state index is 0.149. The second-order valence-corrected chi connectivity index (χ2v) is 6.72. The van der Waals surface area contributed by atoms with Gasteiger partial charge in [0.05, 0.1) is 17.9 Å². The largest absolute Gasteiger partial charge is 0.309 e. The summed E-state index contributed by atoms with van der Waals surface area (Å²) in [5, 5.41) is 7.43. The van der Waals surface area contributed by atoms with Crippen LogP contribution < -0.4 is 5.32 Å². The third kappa shape index (κ3) is 4.80. The molecule has 1 heterocycles. The van der Waals surface area contributed by atoms with Crippen molar-refractivity contribution in [2.45, 2.75) is 20.4 Å². The summed E-state index contributed by atoms with van der Waals surface area (Å²) >= 11 is 0. The van der Waals surface area contributed by atoms with Crippen LogP contribution in [0.2, 0.25) is 0 Å². The summed E-state index contributed by atoms with van der Waals surface area (Å²) in [5.74, 6) is 0.206. The van der Waals surface area contributed by atoms with Crippen LogP contribution in [0.1, 0.15) is 16.8 Å². The van der Waals surface area contributed by atoms with Crippen LogP contribution in [0.3, 0.4) is 0 Å². The second kappa shape index (κ2) is 8.14. The molecule has 1 aromatic heterocycles. The normalized spacial score (nSPS) is 11.0. The fourth-order valence-corrected chi connectivity index (χ4v) is 3.00. The molecule has 0 unspecified atom stereocenters. The van der Waals surface area contributed by atoms with Gasteiger partial charge in [0, 0.05) is 12.6 Å². The Morgan fingerprint density at radius 3 is 2.67 bits per heavy atom. The van der Waals surface area contributed by atoms with Crippen LogP contribution >= 0.6 is 0 Å². The van der Waals surface area contributed by atoms with Gasteiger partial charge in [-0.2, -0.15) is 5.10 Å². The van der Waals surface area contributed by atoms with Gasteiger partial charge in [0.25, 0.3) is 0 Å². The third-order valence-electron chi connectivity index (χ3n) is 4.20. The predicted octanol–water partition coefficient (Wildman–Crippen LogP) is 3.70. The van der Waals surface area contributed by atoms with Gasteiger partial charge in [0.15, 0.2) is 0 Å². The van der Waals surface area contributed by atoms with Crippen molar-refractivity contribution in [3.8, 4) is 5.69 Å². The van der Waals surface area contributed by atoms with Gasteiger partial charge >= 0.3 is 0 Å². The van der Waals surface area contributed by atoms with Crippen molar-refractivity contribution in [1.29, 1.82) is 0 Å². The molecular formula is C21H23FN4O. The molecule has 27 heavy (non-hydrogen) atoms. The van der Waals surface area contributed by atoms with Crippen molar-refractivity contribution in [2.75, 3.05) is 18.9 Å². The molecule has 0 aliphatic carbocycles. The molecule has 5 nitrogen and oxygen atoms in total. The molecule has 0 bridgehead atoms. The van der Waals surface area contributed by atoms with Crippen molar-refractivity contribution in [1.82, 2.24) is 14.7 Å². The number of hydrogen-bond donors (Lipinski definition) is 1. The van der Waals surface area contributed by atoms with E-state index in [1.54, 1.807) is 10.7 Å². The Hall–Kier alpha value is -2.99. The van der Waals surface area contributed by atoms with Gasteiger partial charge in [-0.1, -0.05) is 30.3 Å². The Labute approximate surface area is 158 Å². The molecule has 0 aliphatic heterocycles. The summed E-state index contributed by atoms with van der Waals surface area (Å²) in [6, 6.07) is 16.1. The fraction of sp³-hybridized carbons (Fsp3) is 0.238. The molecule has 6 heteroatoms. The van der Waals surface area contributed by atoms with E-state index in [9.17, 15) is 9.18 Å². The van der Waals surface area contributed by atoms with E-state index in [1.165, 1.54) is 12.1 Å². The van der Waals surface area contributed by atoms with Crippen LogP contribution in [-0.2, 0) is 11.3 Å². The number of likely N-dealkylation sites (N-methyl/N-ethyl adjacent to an activating group) is 1. The lowest BCUT2D eigenvalue weighted by Crippen LogP contribution is -2.30. The number of nitrogens with one attached hydrogen (secondary N) is 1. The van der Waals surface area contributed by atoms with Crippen LogP contribution in [0.5, 0.6) is 0 Å². The van der Waals surface area contributed by atoms with Gasteiger partial charge < -0.3 is 5.32 Å². The highest BCUT2D eigenvalue weighted by molar-refractivity contribution is 5.91. The Bertz CT molecular complexity index is 951. The van der Waals surface area contributed by atoms with E-state index < -0.39 is 0 Å². The molecule has 3 rings (SSSR count). The van der Waals surface area contributed by atoms with Gasteiger partial charge in [0.1, 0.15) is 11.6 Å². The van der Waals surface area contributed by atoms with E-state index in [0.717, 1.165) is 22.5 Å². The zero-order chi connectivity index (χ0) is 19.4. The molecule has 0 radical (unpaired) electrons. The smallest absolute Gasteiger partial charge is 0.239 e. The highest BCUT2D eigenvalue weighted by Crippen LogP contribution is 2.20. The maximum absolute atomic E-state index is 13.3. The highest BCUT2D eigenvalue weighted by Gasteiger charge is 2.14. The van der Waals surface area contributed by atoms with Gasteiger partial charge in [-0.05, 0) is 50.2 Å². The molecule has 2 aromatic carbocycles. The van der Waals surface area contributed by atoms with Crippen molar-refractivity contribution in [3.63, 3.8) is 0 Å². The standard InChI is InChI=1S/C21H23FN4O/c1-15-7-4-5-10-19(15)26-20(11-16(2)24-26)23-21(27)14-25(3)13-17-8-6-9-18(22)12-17/h4-12H,13-14H2,1-3H3,(H,23,27). The Kier molecular flexibility index (Phi) is 5.66. The van der Waals surface area contributed by atoms with E-state index in [0.29, 0.717) is 12.4 Å². The molecule has 0 aliphatic rings. The Balaban J connectivity index is 1.69. The van der Waals surface area contributed by atoms with Crippen LogP contribution in [0.15, 0.2) is 54.6 Å². The van der Waals surface area contributed by atoms with Gasteiger partial charge in [-0.15, -0.1) is 0 Å². The molecule has 1 amide bonds. The summed E-state index contributed by atoms with van der Waals surface area (Å²) in [5.41, 5.74) is 3.64. The molecule has 0 fully saturated rings. The highest BCUT2D eigenvalue weighted by atomic mass is 19.1. The van der Waals surface area contributed by atoms with Crippen LogP contribution in [-0.4, -0.2) is 34.2 Å². The first-order valence-corrected chi connectivity index (χ1v) is 8.78. The number of amides is 1. The lowest BCUT2D eigenvalue weighted by atomic mass is 10.2. The lowest BCUT2D eigenvalue weighted by Gasteiger charge is -2.17. The fourth-order valence-electron chi connectivity index (χ4n) is 3.00. The number of carbonyl (C=O) groups is 1. The molecule has 140 valence electrons. The number of aromatic nitrogens is 2. The SMILES string of the molecule is Cc1cc(NC(=O)CN(C)Cc2cccc(F)c2)n(-c2ccccc2C)n1. The van der Waals surface area contributed by atoms with Crippen LogP contribution in [0, 0.1) is 19.7 Å². The molecule has 0 atom stereocenters. The molecule has 1 N–H and O–H groups in total. The van der Waals surface area contributed by atoms with Gasteiger partial charge in [-0.25, -0.2) is 9.07 Å². The van der Waals surface area contributed by atoms with E-state index in [1.807, 2.05) is 62.2 Å². The van der Waals surface area contributed by atoms with Gasteiger partial charge in [-0.3, -0.25) is 9.69 Å². The number of hydrogen-bond acceptors (Lipinski definition) is 3. The minimum Gasteiger partial charge on any atom is -0.309 e. The molecule has 0 saturated heterocycles. The first-order valence-electron chi connectivity index (χ1n) is 8.78. The number of aryl methyl sites for hydroxylation is 2. The Morgan fingerprint density at radius 1 is 1.15 bits per heavy atom. The summed E-state index contributed by atoms with van der Waals surface area (Å²) in [6.07, 6.45) is 0. The van der Waals surface area contributed by atoms with Crippen LogP contribution in [0.4, 0.5) is 10.2 Å². The monoisotopic (exact) mass is 366 g/mol. The van der Waals surface area contributed by atoms with E-state index in [4.69, 9.17) is 0 Å². The van der Waals surface area contributed by atoms with E-state index >= 15 is 0 Å². The van der Waals surface area contributed by atoms with E-state index in [2.05, 4.69) is 10.4 Å². The Morgan fingerprint density at radius 2 is 1.93 bits per heavy atom. The van der Waals surface area contributed by atoms with Crippen molar-refractivity contribution in [2.24, 2.45) is 0 Å². The molecule has 0 saturated carbocycles. The summed E-state index contributed by atoms with van der Waals surface area (Å²) in [4.78, 5) is 14.3. The molecule has 3 aromatic rings. The second-order valence-electron chi connectivity index (χ2n) is 6.72. The zero-order valence-corrected chi connectivity index (χ0v) is 15.7. The zero-order valence-electron chi connectivity index (χ0n) is 15.7. The van der Waals surface area contributed by atoms with Crippen molar-refractivity contribution in [3.05, 3.63) is 77.2 Å². The summed E-state index contributed by atoms with van der Waals surface area (Å²) in [6.45, 7) is 4.57. The summed E-state index contributed by atoms with van der Waals surface area (Å²) < 4.78 is 15.0. The van der Waals surface area contributed by atoms with Crippen molar-refractivity contribution >= 4 is 11.7 Å². The topological polar surface area (TPSA) is 50.2 Å². The number of nitrogens with zero attached hydrogens (tertiary/aromatic N) is 3. The quantitative estimate of drug-likeness (QED) is 0.724. The predicted molar refractivity (Wildman–Crippen MR) is 104 cm³/mol. The lowest BCUT2D eigenvalue weighted by molar-refractivity contribution is -0.117. The summed E-state index contributed by atoms with van der Waals surface area (Å²) in [7, 11) is 1.83. The number of halogens is 1. The number of para-hydroxylation sites is 1. The number of carbonyl (C=O) groups excluding carboxylic acids is 1. The first kappa shape index (κ1) is 18.8. The average Bonchev–Trinajstić information content (AvgIpc) is 2.95. The number of anilines is 1. The van der Waals surface area contributed by atoms with E-state index in [-0.39, 0.29) is 18.3 Å². The maximum atomic E-state index is 13.3. The minimum atomic E-state index is -0.275. The third-order valence-corrected chi connectivity index (χ3v) is 4.20. The molecular weight excluding hydrogens is 343 g/mol. The van der Waals surface area contributed by atoms with Gasteiger partial charge in [0.2, 0.25) is 5.91 Å². The number of benzene rings is 2.